The molecule has 1 saturated carbocycles. The Bertz CT molecular complexity index is 416. The summed E-state index contributed by atoms with van der Waals surface area (Å²) in [7, 11) is 1.58. The summed E-state index contributed by atoms with van der Waals surface area (Å²) in [6.07, 6.45) is 4.70. The molecule has 0 saturated heterocycles. The first kappa shape index (κ1) is 14.1. The van der Waals surface area contributed by atoms with Gasteiger partial charge < -0.3 is 15.2 Å². The Kier molecular flexibility index (Phi) is 3.67. The van der Waals surface area contributed by atoms with Gasteiger partial charge in [0.2, 0.25) is 5.91 Å². The third-order valence-electron chi connectivity index (χ3n) is 4.01. The van der Waals surface area contributed by atoms with Gasteiger partial charge in [-0.3, -0.25) is 9.59 Å². The number of amides is 1. The van der Waals surface area contributed by atoms with Crippen LogP contribution in [0.2, 0.25) is 0 Å². The highest BCUT2D eigenvalue weighted by Crippen LogP contribution is 2.48. The van der Waals surface area contributed by atoms with E-state index in [0.29, 0.717) is 6.61 Å². The molecule has 1 amide bonds. The highest BCUT2D eigenvalue weighted by Gasteiger charge is 2.52. The average Bonchev–Trinajstić information content (AvgIpc) is 2.86. The van der Waals surface area contributed by atoms with Crippen LogP contribution in [0.1, 0.15) is 20.3 Å². The molecular formula is C14H21NO4. The predicted octanol–water partition coefficient (Wildman–Crippen LogP) is 1.05. The third kappa shape index (κ3) is 2.66. The Hall–Kier alpha value is -1.36. The number of carboxylic acids is 1. The van der Waals surface area contributed by atoms with Crippen LogP contribution in [-0.2, 0) is 14.3 Å². The number of ether oxygens (including phenoxy) is 1. The molecule has 2 aliphatic carbocycles. The zero-order valence-electron chi connectivity index (χ0n) is 11.6. The number of hydrogen-bond donors (Lipinski definition) is 2. The van der Waals surface area contributed by atoms with Crippen LogP contribution in [-0.4, -0.2) is 36.2 Å². The molecule has 0 radical (unpaired) electrons. The molecular weight excluding hydrogens is 246 g/mol. The van der Waals surface area contributed by atoms with Crippen molar-refractivity contribution in [1.82, 2.24) is 5.32 Å². The molecule has 0 aliphatic heterocycles. The van der Waals surface area contributed by atoms with Gasteiger partial charge in [-0.2, -0.15) is 0 Å². The lowest BCUT2D eigenvalue weighted by Gasteiger charge is -2.30. The summed E-state index contributed by atoms with van der Waals surface area (Å²) in [5.41, 5.74) is -0.486. The number of nitrogens with one attached hydrogen (secondary N) is 1. The van der Waals surface area contributed by atoms with Crippen molar-refractivity contribution in [2.45, 2.75) is 25.8 Å². The number of aliphatic carboxylic acids is 1. The highest BCUT2D eigenvalue weighted by molar-refractivity contribution is 5.87. The molecule has 2 N–H and O–H groups in total. The van der Waals surface area contributed by atoms with Crippen LogP contribution < -0.4 is 5.32 Å². The molecule has 0 heterocycles. The lowest BCUT2D eigenvalue weighted by molar-refractivity contribution is -0.148. The minimum Gasteiger partial charge on any atom is -0.481 e. The smallest absolute Gasteiger partial charge is 0.307 e. The first-order valence-corrected chi connectivity index (χ1v) is 6.58. The van der Waals surface area contributed by atoms with Gasteiger partial charge in [-0.15, -0.1) is 0 Å². The van der Waals surface area contributed by atoms with Gasteiger partial charge in [0.25, 0.3) is 0 Å². The molecule has 4 unspecified atom stereocenters. The van der Waals surface area contributed by atoms with Crippen molar-refractivity contribution >= 4 is 11.9 Å². The summed E-state index contributed by atoms with van der Waals surface area (Å²) in [5.74, 6) is -2.03. The zero-order valence-corrected chi connectivity index (χ0v) is 11.6. The second kappa shape index (κ2) is 4.96. The monoisotopic (exact) mass is 267 g/mol. The standard InChI is InChI=1S/C14H21NO4/c1-14(2,7-19-3)15-12(16)10-8-4-5-9(6-8)11(10)13(17)18/h4-5,8-11H,6-7H2,1-3H3,(H,15,16)(H,17,18). The summed E-state index contributed by atoms with van der Waals surface area (Å²) in [6.45, 7) is 4.13. The van der Waals surface area contributed by atoms with Gasteiger partial charge in [0.05, 0.1) is 24.0 Å². The number of rotatable bonds is 5. The van der Waals surface area contributed by atoms with Crippen molar-refractivity contribution in [3.8, 4) is 0 Å². The average molecular weight is 267 g/mol. The van der Waals surface area contributed by atoms with E-state index in [-0.39, 0.29) is 17.7 Å². The molecule has 0 aromatic carbocycles. The minimum atomic E-state index is -0.874. The van der Waals surface area contributed by atoms with Gasteiger partial charge >= 0.3 is 5.97 Å². The van der Waals surface area contributed by atoms with Gasteiger partial charge in [-0.1, -0.05) is 12.2 Å². The van der Waals surface area contributed by atoms with Crippen LogP contribution in [0.3, 0.4) is 0 Å². The summed E-state index contributed by atoms with van der Waals surface area (Å²) in [6, 6.07) is 0. The summed E-state index contributed by atoms with van der Waals surface area (Å²) in [5, 5.41) is 12.2. The van der Waals surface area contributed by atoms with Crippen molar-refractivity contribution < 1.29 is 19.4 Å². The highest BCUT2D eigenvalue weighted by atomic mass is 16.5. The second-order valence-corrected chi connectivity index (χ2v) is 6.14. The zero-order chi connectivity index (χ0) is 14.2. The molecule has 2 aliphatic rings. The van der Waals surface area contributed by atoms with E-state index in [1.165, 1.54) is 0 Å². The first-order chi connectivity index (χ1) is 8.85. The molecule has 2 bridgehead atoms. The van der Waals surface area contributed by atoms with E-state index in [1.807, 2.05) is 26.0 Å². The van der Waals surface area contributed by atoms with Crippen LogP contribution >= 0.6 is 0 Å². The topological polar surface area (TPSA) is 75.6 Å². The Labute approximate surface area is 113 Å². The first-order valence-electron chi connectivity index (χ1n) is 6.58. The molecule has 0 aromatic heterocycles. The van der Waals surface area contributed by atoms with E-state index in [9.17, 15) is 14.7 Å². The van der Waals surface area contributed by atoms with E-state index in [1.54, 1.807) is 7.11 Å². The summed E-state index contributed by atoms with van der Waals surface area (Å²) >= 11 is 0. The molecule has 19 heavy (non-hydrogen) atoms. The molecule has 5 heteroatoms. The predicted molar refractivity (Wildman–Crippen MR) is 69.5 cm³/mol. The Morgan fingerprint density at radius 3 is 2.42 bits per heavy atom. The van der Waals surface area contributed by atoms with E-state index in [2.05, 4.69) is 5.32 Å². The largest absolute Gasteiger partial charge is 0.481 e. The van der Waals surface area contributed by atoms with E-state index in [0.717, 1.165) is 6.42 Å². The van der Waals surface area contributed by atoms with Crippen molar-refractivity contribution in [3.05, 3.63) is 12.2 Å². The van der Waals surface area contributed by atoms with Crippen LogP contribution in [0.5, 0.6) is 0 Å². The fourth-order valence-electron chi connectivity index (χ4n) is 3.33. The molecule has 106 valence electrons. The SMILES string of the molecule is COCC(C)(C)NC(=O)C1C2C=CC(C2)C1C(=O)O. The number of carbonyl (C=O) groups is 2. The Morgan fingerprint density at radius 2 is 1.89 bits per heavy atom. The van der Waals surface area contributed by atoms with Crippen LogP contribution in [0, 0.1) is 23.7 Å². The lowest BCUT2D eigenvalue weighted by atomic mass is 9.82. The third-order valence-corrected chi connectivity index (χ3v) is 4.01. The minimum absolute atomic E-state index is 0.00351. The van der Waals surface area contributed by atoms with Gasteiger partial charge in [-0.05, 0) is 32.1 Å². The lowest BCUT2D eigenvalue weighted by Crippen LogP contribution is -2.51. The molecule has 0 spiro atoms. The number of hydrogen-bond acceptors (Lipinski definition) is 3. The van der Waals surface area contributed by atoms with Gasteiger partial charge in [0.15, 0.2) is 0 Å². The quantitative estimate of drug-likeness (QED) is 0.730. The fourth-order valence-corrected chi connectivity index (χ4v) is 3.33. The fraction of sp³-hybridized carbons (Fsp3) is 0.714. The van der Waals surface area contributed by atoms with Crippen LogP contribution in [0.15, 0.2) is 12.2 Å². The Balaban J connectivity index is 2.10. The maximum atomic E-state index is 12.4. The van der Waals surface area contributed by atoms with Gasteiger partial charge in [0, 0.05) is 7.11 Å². The maximum absolute atomic E-state index is 12.4. The van der Waals surface area contributed by atoms with Gasteiger partial charge in [0.1, 0.15) is 0 Å². The van der Waals surface area contributed by atoms with E-state index >= 15 is 0 Å². The van der Waals surface area contributed by atoms with E-state index in [4.69, 9.17) is 4.74 Å². The van der Waals surface area contributed by atoms with Gasteiger partial charge in [-0.25, -0.2) is 0 Å². The van der Waals surface area contributed by atoms with Crippen molar-refractivity contribution in [2.24, 2.45) is 23.7 Å². The second-order valence-electron chi connectivity index (χ2n) is 6.14. The number of fused-ring (bicyclic) bond motifs is 2. The normalized spacial score (nSPS) is 32.6. The molecule has 4 atom stereocenters. The van der Waals surface area contributed by atoms with Crippen molar-refractivity contribution in [1.29, 1.82) is 0 Å². The molecule has 0 aromatic rings. The number of allylic oxidation sites excluding steroid dienone is 2. The molecule has 2 rings (SSSR count). The number of carbonyl (C=O) groups excluding carboxylic acids is 1. The van der Waals surface area contributed by atoms with E-state index < -0.39 is 23.3 Å². The van der Waals surface area contributed by atoms with Crippen molar-refractivity contribution in [3.63, 3.8) is 0 Å². The Morgan fingerprint density at radius 1 is 1.32 bits per heavy atom. The van der Waals surface area contributed by atoms with Crippen LogP contribution in [0.25, 0.3) is 0 Å². The summed E-state index contributed by atoms with van der Waals surface area (Å²) in [4.78, 5) is 23.7. The van der Waals surface area contributed by atoms with Crippen molar-refractivity contribution in [2.75, 3.05) is 13.7 Å². The number of methoxy groups -OCH3 is 1. The molecule has 1 fully saturated rings. The maximum Gasteiger partial charge on any atom is 0.307 e. The summed E-state index contributed by atoms with van der Waals surface area (Å²) < 4.78 is 5.06. The number of carboxylic acid groups (broad SMARTS) is 1. The van der Waals surface area contributed by atoms with Crippen LogP contribution in [0.4, 0.5) is 0 Å². The molecule has 5 nitrogen and oxygen atoms in total.